The minimum Gasteiger partial charge on any atom is -0.365 e. The summed E-state index contributed by atoms with van der Waals surface area (Å²) >= 11 is 0. The van der Waals surface area contributed by atoms with E-state index < -0.39 is 11.7 Å². The van der Waals surface area contributed by atoms with Crippen LogP contribution in [0, 0.1) is 6.92 Å². The number of allylic oxidation sites excluding steroid dienone is 1. The second kappa shape index (κ2) is 7.78. The predicted octanol–water partition coefficient (Wildman–Crippen LogP) is 4.02. The molecule has 0 fully saturated rings. The van der Waals surface area contributed by atoms with Crippen LogP contribution in [0.2, 0.25) is 0 Å². The highest BCUT2D eigenvalue weighted by atomic mass is 19.4. The molecule has 0 saturated heterocycles. The predicted molar refractivity (Wildman–Crippen MR) is 89.9 cm³/mol. The molecule has 0 aliphatic heterocycles. The molecule has 2 rings (SSSR count). The average Bonchev–Trinajstić information content (AvgIpc) is 2.55. The van der Waals surface area contributed by atoms with Gasteiger partial charge in [0.05, 0.1) is 11.1 Å². The van der Waals surface area contributed by atoms with Crippen molar-refractivity contribution in [2.45, 2.75) is 26.6 Å². The molecule has 2 N–H and O–H groups in total. The van der Waals surface area contributed by atoms with Crippen molar-refractivity contribution >= 4 is 24.1 Å². The molecule has 8 heteroatoms. The van der Waals surface area contributed by atoms with Crippen LogP contribution in [0.15, 0.2) is 30.3 Å². The first-order valence-electron chi connectivity index (χ1n) is 7.46. The van der Waals surface area contributed by atoms with Crippen molar-refractivity contribution < 1.29 is 18.0 Å². The summed E-state index contributed by atoms with van der Waals surface area (Å²) in [5, 5.41) is 5.50. The van der Waals surface area contributed by atoms with Crippen molar-refractivity contribution in [1.82, 2.24) is 9.97 Å². The monoisotopic (exact) mass is 350 g/mol. The summed E-state index contributed by atoms with van der Waals surface area (Å²) in [5.41, 5.74) is 0.303. The Balaban J connectivity index is 2.30. The zero-order valence-electron chi connectivity index (χ0n) is 13.7. The van der Waals surface area contributed by atoms with Gasteiger partial charge in [-0.05, 0) is 31.5 Å². The number of hydrogen-bond donors (Lipinski definition) is 2. The summed E-state index contributed by atoms with van der Waals surface area (Å²) in [5.74, 6) is 1.17. The van der Waals surface area contributed by atoms with E-state index in [4.69, 9.17) is 0 Å². The maximum absolute atomic E-state index is 12.8. The summed E-state index contributed by atoms with van der Waals surface area (Å²) in [6, 6.07) is 5.06. The number of halogens is 3. The van der Waals surface area contributed by atoms with E-state index in [0.717, 1.165) is 12.1 Å². The van der Waals surface area contributed by atoms with E-state index in [1.807, 2.05) is 0 Å². The van der Waals surface area contributed by atoms with Gasteiger partial charge in [0.15, 0.2) is 0 Å². The largest absolute Gasteiger partial charge is 0.416 e. The standard InChI is InChI=1S/C17H17F3N4O/c1-3-5-14-15(23-11(2)24-16(14)22-10-25)21-9-12-6-4-7-13(8-12)17(18,19)20/h3-8,10H,9H2,1-2H3,(H2,21,22,23,24,25)/b5-3-. The summed E-state index contributed by atoms with van der Waals surface area (Å²) in [6.45, 7) is 3.59. The molecule has 1 aromatic carbocycles. The molecule has 0 radical (unpaired) electrons. The van der Waals surface area contributed by atoms with E-state index in [9.17, 15) is 18.0 Å². The van der Waals surface area contributed by atoms with Gasteiger partial charge in [0, 0.05) is 6.54 Å². The molecule has 0 aliphatic rings. The molecule has 1 heterocycles. The normalized spacial score (nSPS) is 11.6. The van der Waals surface area contributed by atoms with Crippen molar-refractivity contribution in [3.05, 3.63) is 52.9 Å². The minimum atomic E-state index is -4.39. The lowest BCUT2D eigenvalue weighted by Gasteiger charge is -2.14. The van der Waals surface area contributed by atoms with E-state index in [-0.39, 0.29) is 6.54 Å². The van der Waals surface area contributed by atoms with E-state index in [0.29, 0.717) is 35.0 Å². The van der Waals surface area contributed by atoms with Gasteiger partial charge in [0.25, 0.3) is 0 Å². The van der Waals surface area contributed by atoms with Crippen LogP contribution in [-0.4, -0.2) is 16.4 Å². The first-order valence-corrected chi connectivity index (χ1v) is 7.46. The zero-order valence-corrected chi connectivity index (χ0v) is 13.7. The van der Waals surface area contributed by atoms with Gasteiger partial charge in [-0.2, -0.15) is 13.2 Å². The van der Waals surface area contributed by atoms with Crippen molar-refractivity contribution in [2.24, 2.45) is 0 Å². The third-order valence-electron chi connectivity index (χ3n) is 3.30. The molecule has 1 aromatic heterocycles. The van der Waals surface area contributed by atoms with Gasteiger partial charge in [-0.15, -0.1) is 0 Å². The molecule has 132 valence electrons. The smallest absolute Gasteiger partial charge is 0.365 e. The Bertz CT molecular complexity index is 788. The highest BCUT2D eigenvalue weighted by molar-refractivity contribution is 5.80. The van der Waals surface area contributed by atoms with Crippen LogP contribution < -0.4 is 10.6 Å². The number of anilines is 2. The number of carbonyl (C=O) groups is 1. The van der Waals surface area contributed by atoms with Crippen LogP contribution in [0.1, 0.15) is 29.4 Å². The first-order chi connectivity index (χ1) is 11.8. The van der Waals surface area contributed by atoms with Crippen molar-refractivity contribution in [2.75, 3.05) is 10.6 Å². The number of aromatic nitrogens is 2. The summed E-state index contributed by atoms with van der Waals surface area (Å²) < 4.78 is 38.4. The number of aryl methyl sites for hydroxylation is 1. The molecular weight excluding hydrogens is 333 g/mol. The molecule has 5 nitrogen and oxygen atoms in total. The third kappa shape index (κ3) is 4.79. The fourth-order valence-corrected chi connectivity index (χ4v) is 2.25. The van der Waals surface area contributed by atoms with Crippen LogP contribution in [0.4, 0.5) is 24.8 Å². The van der Waals surface area contributed by atoms with Crippen molar-refractivity contribution in [3.63, 3.8) is 0 Å². The second-order valence-corrected chi connectivity index (χ2v) is 5.20. The molecule has 1 amide bonds. The number of carbonyl (C=O) groups excluding carboxylic acids is 1. The number of amides is 1. The number of benzene rings is 1. The molecule has 0 bridgehead atoms. The maximum Gasteiger partial charge on any atom is 0.416 e. The Morgan fingerprint density at radius 2 is 1.92 bits per heavy atom. The second-order valence-electron chi connectivity index (χ2n) is 5.20. The van der Waals surface area contributed by atoms with Gasteiger partial charge in [0.1, 0.15) is 17.5 Å². The fourth-order valence-electron chi connectivity index (χ4n) is 2.25. The topological polar surface area (TPSA) is 66.9 Å². The first kappa shape index (κ1) is 18.4. The van der Waals surface area contributed by atoms with Crippen molar-refractivity contribution in [1.29, 1.82) is 0 Å². The number of alkyl halides is 3. The molecule has 2 aromatic rings. The lowest BCUT2D eigenvalue weighted by Crippen LogP contribution is -2.10. The summed E-state index contributed by atoms with van der Waals surface area (Å²) in [7, 11) is 0. The molecule has 0 saturated carbocycles. The van der Waals surface area contributed by atoms with Gasteiger partial charge in [0.2, 0.25) is 6.41 Å². The fraction of sp³-hybridized carbons (Fsp3) is 0.235. The van der Waals surface area contributed by atoms with E-state index in [1.54, 1.807) is 32.1 Å². The summed E-state index contributed by atoms with van der Waals surface area (Å²) in [6.07, 6.45) is -0.427. The highest BCUT2D eigenvalue weighted by Gasteiger charge is 2.30. The van der Waals surface area contributed by atoms with Crippen LogP contribution in [0.5, 0.6) is 0 Å². The molecule has 0 spiro atoms. The molecule has 0 unspecified atom stereocenters. The van der Waals surface area contributed by atoms with Gasteiger partial charge in [-0.25, -0.2) is 9.97 Å². The van der Waals surface area contributed by atoms with E-state index in [1.165, 1.54) is 6.07 Å². The van der Waals surface area contributed by atoms with Gasteiger partial charge < -0.3 is 10.6 Å². The van der Waals surface area contributed by atoms with Crippen LogP contribution in [0.3, 0.4) is 0 Å². The molecular formula is C17H17F3N4O. The number of hydrogen-bond acceptors (Lipinski definition) is 4. The summed E-state index contributed by atoms with van der Waals surface area (Å²) in [4.78, 5) is 19.2. The zero-order chi connectivity index (χ0) is 18.4. The average molecular weight is 350 g/mol. The number of nitrogens with zero attached hydrogens (tertiary/aromatic N) is 2. The lowest BCUT2D eigenvalue weighted by atomic mass is 10.1. The van der Waals surface area contributed by atoms with Gasteiger partial charge in [-0.3, -0.25) is 4.79 Å². The van der Waals surface area contributed by atoms with Crippen LogP contribution in [0.25, 0.3) is 6.08 Å². The van der Waals surface area contributed by atoms with Crippen molar-refractivity contribution in [3.8, 4) is 0 Å². The quantitative estimate of drug-likeness (QED) is 0.773. The Labute approximate surface area is 143 Å². The van der Waals surface area contributed by atoms with Crippen LogP contribution >= 0.6 is 0 Å². The Kier molecular flexibility index (Phi) is 5.74. The highest BCUT2D eigenvalue weighted by Crippen LogP contribution is 2.30. The third-order valence-corrected chi connectivity index (χ3v) is 3.30. The number of nitrogens with one attached hydrogen (secondary N) is 2. The van der Waals surface area contributed by atoms with E-state index in [2.05, 4.69) is 20.6 Å². The Morgan fingerprint density at radius 1 is 1.20 bits per heavy atom. The molecule has 0 aliphatic carbocycles. The SMILES string of the molecule is C/C=C\c1c(NC=O)nc(C)nc1NCc1cccc(C(F)(F)F)c1. The van der Waals surface area contributed by atoms with Crippen LogP contribution in [-0.2, 0) is 17.5 Å². The van der Waals surface area contributed by atoms with E-state index >= 15 is 0 Å². The van der Waals surface area contributed by atoms with Gasteiger partial charge in [-0.1, -0.05) is 24.3 Å². The number of rotatable bonds is 6. The van der Waals surface area contributed by atoms with Gasteiger partial charge >= 0.3 is 6.18 Å². The molecule has 25 heavy (non-hydrogen) atoms. The Hall–Kier alpha value is -2.90. The maximum atomic E-state index is 12.8. The Morgan fingerprint density at radius 3 is 2.56 bits per heavy atom. The minimum absolute atomic E-state index is 0.144. The lowest BCUT2D eigenvalue weighted by molar-refractivity contribution is -0.137. The molecule has 0 atom stereocenters.